The Kier molecular flexibility index (Phi) is 9.54. The molecule has 0 spiro atoms. The van der Waals surface area contributed by atoms with Gasteiger partial charge in [0.2, 0.25) is 0 Å². The summed E-state index contributed by atoms with van der Waals surface area (Å²) < 4.78 is 11.4. The van der Waals surface area contributed by atoms with Gasteiger partial charge in [-0.3, -0.25) is 0 Å². The van der Waals surface area contributed by atoms with Crippen LogP contribution in [-0.2, 0) is 22.3 Å². The Morgan fingerprint density at radius 1 is 1.05 bits per heavy atom. The summed E-state index contributed by atoms with van der Waals surface area (Å²) in [6.45, 7) is 7.04. The van der Waals surface area contributed by atoms with Crippen molar-refractivity contribution in [1.82, 2.24) is 9.97 Å². The number of methoxy groups -OCH3 is 1. The highest BCUT2D eigenvalue weighted by Gasteiger charge is 2.11. The van der Waals surface area contributed by atoms with E-state index in [9.17, 15) is 0 Å². The van der Waals surface area contributed by atoms with E-state index in [0.717, 1.165) is 47.6 Å². The normalized spacial score (nSPS) is 10.9. The molecule has 0 aliphatic carbocycles. The van der Waals surface area contributed by atoms with Crippen LogP contribution in [0.4, 0.5) is 5.82 Å². The average molecular weight is 360 g/mol. The van der Waals surface area contributed by atoms with Gasteiger partial charge >= 0.3 is 0 Å². The summed E-state index contributed by atoms with van der Waals surface area (Å²) in [5.74, 6) is 1.72. The second-order valence-corrected chi connectivity index (χ2v) is 5.57. The maximum atomic E-state index is 5.49. The Morgan fingerprint density at radius 3 is 2.52 bits per heavy atom. The molecule has 0 radical (unpaired) electrons. The second-order valence-electron chi connectivity index (χ2n) is 4.78. The van der Waals surface area contributed by atoms with Gasteiger partial charge in [-0.2, -0.15) is 0 Å². The number of aryl methyl sites for hydroxylation is 1. The van der Waals surface area contributed by atoms with Gasteiger partial charge < -0.3 is 14.8 Å². The number of nitrogens with one attached hydrogen (secondary N) is 1. The third-order valence-corrected chi connectivity index (χ3v) is 3.73. The van der Waals surface area contributed by atoms with Crippen LogP contribution in [0.1, 0.15) is 38.2 Å². The van der Waals surface area contributed by atoms with Crippen LogP contribution in [-0.4, -0.2) is 43.4 Å². The highest BCUT2D eigenvalue weighted by molar-refractivity contribution is 9.10. The Balaban J connectivity index is 2.70. The third-order valence-electron chi connectivity index (χ3n) is 2.90. The maximum Gasteiger partial charge on any atom is 0.144 e. The molecule has 1 aromatic heterocycles. The third kappa shape index (κ3) is 6.72. The zero-order valence-corrected chi connectivity index (χ0v) is 14.8. The van der Waals surface area contributed by atoms with Gasteiger partial charge in [-0.25, -0.2) is 9.97 Å². The van der Waals surface area contributed by atoms with Gasteiger partial charge in [-0.05, 0) is 28.8 Å². The fourth-order valence-electron chi connectivity index (χ4n) is 1.83. The lowest BCUT2D eigenvalue weighted by Crippen LogP contribution is -2.12. The second kappa shape index (κ2) is 10.9. The number of halogens is 1. The summed E-state index contributed by atoms with van der Waals surface area (Å²) in [5, 5.41) is 3.35. The topological polar surface area (TPSA) is 56.3 Å². The number of hydrogen-bond donors (Lipinski definition) is 1. The summed E-state index contributed by atoms with van der Waals surface area (Å²) in [5.41, 5.74) is 1.07. The lowest BCUT2D eigenvalue weighted by atomic mass is 10.2. The highest BCUT2D eigenvalue weighted by atomic mass is 79.9. The van der Waals surface area contributed by atoms with Crippen LogP contribution in [0.25, 0.3) is 0 Å². The fraction of sp³-hybridized carbons (Fsp3) is 0.733. The monoisotopic (exact) mass is 359 g/mol. The minimum atomic E-state index is 0.607. The molecule has 0 atom stereocenters. The number of hydrogen-bond acceptors (Lipinski definition) is 5. The molecule has 0 bridgehead atoms. The van der Waals surface area contributed by atoms with Crippen LogP contribution >= 0.6 is 15.9 Å². The molecule has 0 aliphatic rings. The first-order chi connectivity index (χ1) is 10.2. The lowest BCUT2D eigenvalue weighted by molar-refractivity contribution is 0.0716. The summed E-state index contributed by atoms with van der Waals surface area (Å²) in [6, 6.07) is 0. The molecule has 1 heterocycles. The first-order valence-corrected chi connectivity index (χ1v) is 8.38. The van der Waals surface area contributed by atoms with Crippen molar-refractivity contribution in [1.29, 1.82) is 0 Å². The van der Waals surface area contributed by atoms with E-state index in [1.54, 1.807) is 7.11 Å². The van der Waals surface area contributed by atoms with Crippen LogP contribution in [0, 0.1) is 0 Å². The van der Waals surface area contributed by atoms with E-state index in [4.69, 9.17) is 9.47 Å². The molecule has 0 unspecified atom stereocenters. The molecular formula is C15H26BrN3O2. The Labute approximate surface area is 136 Å². The van der Waals surface area contributed by atoms with E-state index in [1.807, 2.05) is 0 Å². The molecule has 0 fully saturated rings. The minimum absolute atomic E-state index is 0.607. The van der Waals surface area contributed by atoms with E-state index in [-0.39, 0.29) is 0 Å². The molecule has 120 valence electrons. The van der Waals surface area contributed by atoms with Gasteiger partial charge in [-0.15, -0.1) is 0 Å². The van der Waals surface area contributed by atoms with Gasteiger partial charge in [0.1, 0.15) is 11.6 Å². The van der Waals surface area contributed by atoms with Gasteiger partial charge in [0.15, 0.2) is 0 Å². The van der Waals surface area contributed by atoms with Crippen molar-refractivity contribution in [3.63, 3.8) is 0 Å². The van der Waals surface area contributed by atoms with Gasteiger partial charge in [-0.1, -0.05) is 20.3 Å². The minimum Gasteiger partial charge on any atom is -0.382 e. The van der Waals surface area contributed by atoms with Crippen molar-refractivity contribution in [2.45, 2.75) is 39.5 Å². The van der Waals surface area contributed by atoms with Crippen molar-refractivity contribution in [3.8, 4) is 0 Å². The van der Waals surface area contributed by atoms with Crippen molar-refractivity contribution in [2.75, 3.05) is 38.8 Å². The molecule has 6 heteroatoms. The summed E-state index contributed by atoms with van der Waals surface area (Å²) >= 11 is 3.61. The zero-order valence-electron chi connectivity index (χ0n) is 13.2. The summed E-state index contributed by atoms with van der Waals surface area (Å²) in [6.07, 6.45) is 3.79. The van der Waals surface area contributed by atoms with E-state index in [2.05, 4.69) is 45.1 Å². The van der Waals surface area contributed by atoms with E-state index in [1.165, 1.54) is 0 Å². The van der Waals surface area contributed by atoms with Crippen molar-refractivity contribution in [2.24, 2.45) is 0 Å². The smallest absolute Gasteiger partial charge is 0.144 e. The summed E-state index contributed by atoms with van der Waals surface area (Å²) in [4.78, 5) is 9.23. The number of rotatable bonds is 11. The molecule has 0 saturated heterocycles. The van der Waals surface area contributed by atoms with Gasteiger partial charge in [0.25, 0.3) is 0 Å². The average Bonchev–Trinajstić information content (AvgIpc) is 2.48. The molecule has 1 rings (SSSR count). The summed E-state index contributed by atoms with van der Waals surface area (Å²) in [7, 11) is 1.67. The standard InChI is InChI=1S/C15H26BrN3O2/c1-4-6-12-14(16)15(17-8-5-2)19-13(18-12)7-9-21-11-10-20-3/h4-11H2,1-3H3,(H,17,18,19). The van der Waals surface area contributed by atoms with Crippen LogP contribution in [0.5, 0.6) is 0 Å². The van der Waals surface area contributed by atoms with E-state index >= 15 is 0 Å². The number of anilines is 1. The molecule has 0 aromatic carbocycles. The van der Waals surface area contributed by atoms with E-state index in [0.29, 0.717) is 26.2 Å². The molecule has 0 aliphatic heterocycles. The Bertz CT molecular complexity index is 416. The van der Waals surface area contributed by atoms with Crippen LogP contribution < -0.4 is 5.32 Å². The maximum absolute atomic E-state index is 5.49. The molecule has 0 saturated carbocycles. The molecule has 0 amide bonds. The fourth-order valence-corrected chi connectivity index (χ4v) is 2.34. The predicted molar refractivity (Wildman–Crippen MR) is 88.9 cm³/mol. The Morgan fingerprint density at radius 2 is 1.86 bits per heavy atom. The quantitative estimate of drug-likeness (QED) is 0.614. The zero-order chi connectivity index (χ0) is 15.5. The molecular weight excluding hydrogens is 334 g/mol. The van der Waals surface area contributed by atoms with Gasteiger partial charge in [0.05, 0.1) is 30.0 Å². The molecule has 1 aromatic rings. The van der Waals surface area contributed by atoms with Crippen molar-refractivity contribution in [3.05, 3.63) is 16.0 Å². The molecule has 1 N–H and O–H groups in total. The SMILES string of the molecule is CCCNc1nc(CCOCCOC)nc(CCC)c1Br. The first kappa shape index (κ1) is 18.3. The van der Waals surface area contributed by atoms with Crippen molar-refractivity contribution >= 4 is 21.7 Å². The Hall–Kier alpha value is -0.720. The highest BCUT2D eigenvalue weighted by Crippen LogP contribution is 2.25. The first-order valence-electron chi connectivity index (χ1n) is 7.58. The van der Waals surface area contributed by atoms with Crippen LogP contribution in [0.15, 0.2) is 4.47 Å². The molecule has 5 nitrogen and oxygen atoms in total. The molecule has 21 heavy (non-hydrogen) atoms. The van der Waals surface area contributed by atoms with Crippen LogP contribution in [0.2, 0.25) is 0 Å². The lowest BCUT2D eigenvalue weighted by Gasteiger charge is -2.12. The van der Waals surface area contributed by atoms with E-state index < -0.39 is 0 Å². The predicted octanol–water partition coefficient (Wildman–Crippen LogP) is 3.22. The van der Waals surface area contributed by atoms with Gasteiger partial charge in [0, 0.05) is 20.1 Å². The number of aromatic nitrogens is 2. The largest absolute Gasteiger partial charge is 0.382 e. The number of nitrogens with zero attached hydrogens (tertiary/aromatic N) is 2. The van der Waals surface area contributed by atoms with Crippen molar-refractivity contribution < 1.29 is 9.47 Å². The number of ether oxygens (including phenoxy) is 2. The van der Waals surface area contributed by atoms with Crippen LogP contribution in [0.3, 0.4) is 0 Å².